The normalized spacial score (nSPS) is 12.2. The maximum absolute atomic E-state index is 6.39. The molecule has 0 aromatic heterocycles. The van der Waals surface area contributed by atoms with Crippen LogP contribution in [-0.4, -0.2) is 6.61 Å². The fourth-order valence-corrected chi connectivity index (χ4v) is 3.09. The van der Waals surface area contributed by atoms with Crippen molar-refractivity contribution >= 4 is 31.9 Å². The average molecular weight is 399 g/mol. The Morgan fingerprint density at radius 1 is 1.20 bits per heavy atom. The number of ether oxygens (including phenoxy) is 1. The molecule has 0 spiro atoms. The van der Waals surface area contributed by atoms with Gasteiger partial charge in [-0.3, -0.25) is 0 Å². The first-order valence-electron chi connectivity index (χ1n) is 6.47. The van der Waals surface area contributed by atoms with Gasteiger partial charge in [-0.1, -0.05) is 40.2 Å². The van der Waals surface area contributed by atoms with E-state index in [1.54, 1.807) is 0 Å². The summed E-state index contributed by atoms with van der Waals surface area (Å²) in [5.74, 6) is 0.840. The van der Waals surface area contributed by atoms with E-state index in [1.807, 2.05) is 37.3 Å². The molecule has 0 heterocycles. The van der Waals surface area contributed by atoms with Crippen molar-refractivity contribution < 1.29 is 4.74 Å². The van der Waals surface area contributed by atoms with Gasteiger partial charge in [0.25, 0.3) is 0 Å². The second kappa shape index (κ2) is 6.74. The SMILES string of the molecule is CCOc1ccc(C(N)c2cccc(C)c2Br)cc1Br. The molecule has 1 atom stereocenters. The van der Waals surface area contributed by atoms with Crippen LogP contribution in [0.1, 0.15) is 29.7 Å². The Hall–Kier alpha value is -0.840. The Labute approximate surface area is 136 Å². The predicted molar refractivity (Wildman–Crippen MR) is 90.2 cm³/mol. The van der Waals surface area contributed by atoms with Crippen LogP contribution < -0.4 is 10.5 Å². The highest BCUT2D eigenvalue weighted by Gasteiger charge is 2.14. The molecule has 2 aromatic rings. The lowest BCUT2D eigenvalue weighted by Gasteiger charge is -2.17. The van der Waals surface area contributed by atoms with Gasteiger partial charge in [-0.25, -0.2) is 0 Å². The fraction of sp³-hybridized carbons (Fsp3) is 0.250. The molecule has 106 valence electrons. The number of rotatable bonds is 4. The summed E-state index contributed by atoms with van der Waals surface area (Å²) in [5.41, 5.74) is 9.70. The number of halogens is 2. The third kappa shape index (κ3) is 3.25. The Kier molecular flexibility index (Phi) is 5.24. The first kappa shape index (κ1) is 15.5. The molecule has 0 aliphatic heterocycles. The zero-order chi connectivity index (χ0) is 14.7. The number of hydrogen-bond acceptors (Lipinski definition) is 2. The quantitative estimate of drug-likeness (QED) is 0.789. The lowest BCUT2D eigenvalue weighted by molar-refractivity contribution is 0.338. The maximum atomic E-state index is 6.39. The first-order valence-corrected chi connectivity index (χ1v) is 8.06. The number of nitrogens with two attached hydrogens (primary N) is 1. The van der Waals surface area contributed by atoms with Crippen LogP contribution >= 0.6 is 31.9 Å². The lowest BCUT2D eigenvalue weighted by atomic mass is 9.98. The summed E-state index contributed by atoms with van der Waals surface area (Å²) in [4.78, 5) is 0. The van der Waals surface area contributed by atoms with Gasteiger partial charge in [-0.05, 0) is 58.6 Å². The zero-order valence-corrected chi connectivity index (χ0v) is 14.7. The minimum Gasteiger partial charge on any atom is -0.493 e. The van der Waals surface area contributed by atoms with Gasteiger partial charge in [-0.2, -0.15) is 0 Å². The third-order valence-corrected chi connectivity index (χ3v) is 4.87. The van der Waals surface area contributed by atoms with E-state index in [-0.39, 0.29) is 6.04 Å². The summed E-state index contributed by atoms with van der Waals surface area (Å²) in [7, 11) is 0. The molecule has 0 saturated carbocycles. The van der Waals surface area contributed by atoms with Crippen molar-refractivity contribution in [1.82, 2.24) is 0 Å². The molecule has 0 aliphatic rings. The van der Waals surface area contributed by atoms with E-state index in [0.717, 1.165) is 25.8 Å². The van der Waals surface area contributed by atoms with Crippen LogP contribution in [0.4, 0.5) is 0 Å². The first-order chi connectivity index (χ1) is 9.54. The number of aryl methyl sites for hydroxylation is 1. The molecule has 0 bridgehead atoms. The van der Waals surface area contributed by atoms with Crippen LogP contribution in [-0.2, 0) is 0 Å². The molecule has 0 radical (unpaired) electrons. The minimum atomic E-state index is -0.170. The summed E-state index contributed by atoms with van der Waals surface area (Å²) in [6, 6.07) is 11.9. The molecular weight excluding hydrogens is 382 g/mol. The van der Waals surface area contributed by atoms with Crippen LogP contribution in [0, 0.1) is 6.92 Å². The number of benzene rings is 2. The molecule has 2 N–H and O–H groups in total. The number of hydrogen-bond donors (Lipinski definition) is 1. The standard InChI is InChI=1S/C16H17Br2NO/c1-3-20-14-8-7-11(9-13(14)17)16(19)12-6-4-5-10(2)15(12)18/h4-9,16H,3,19H2,1-2H3. The van der Waals surface area contributed by atoms with Crippen LogP contribution in [0.15, 0.2) is 45.3 Å². The second-order valence-electron chi connectivity index (χ2n) is 4.58. The van der Waals surface area contributed by atoms with Crippen LogP contribution in [0.5, 0.6) is 5.75 Å². The summed E-state index contributed by atoms with van der Waals surface area (Å²) >= 11 is 7.15. The maximum Gasteiger partial charge on any atom is 0.133 e. The summed E-state index contributed by atoms with van der Waals surface area (Å²) in [6.07, 6.45) is 0. The molecule has 2 aromatic carbocycles. The van der Waals surface area contributed by atoms with Crippen molar-refractivity contribution in [3.05, 3.63) is 62.0 Å². The van der Waals surface area contributed by atoms with Crippen molar-refractivity contribution in [2.45, 2.75) is 19.9 Å². The smallest absolute Gasteiger partial charge is 0.133 e. The molecule has 2 rings (SSSR count). The molecule has 2 nitrogen and oxygen atoms in total. The summed E-state index contributed by atoms with van der Waals surface area (Å²) in [5, 5.41) is 0. The predicted octanol–water partition coefficient (Wildman–Crippen LogP) is 4.97. The van der Waals surface area contributed by atoms with E-state index in [1.165, 1.54) is 5.56 Å². The third-order valence-electron chi connectivity index (χ3n) is 3.17. The summed E-state index contributed by atoms with van der Waals surface area (Å²) in [6.45, 7) is 4.68. The highest BCUT2D eigenvalue weighted by Crippen LogP contribution is 2.33. The van der Waals surface area contributed by atoms with E-state index < -0.39 is 0 Å². The fourth-order valence-electron chi connectivity index (χ4n) is 2.07. The van der Waals surface area contributed by atoms with Gasteiger partial charge >= 0.3 is 0 Å². The van der Waals surface area contributed by atoms with Crippen molar-refractivity contribution in [2.24, 2.45) is 5.73 Å². The highest BCUT2D eigenvalue weighted by molar-refractivity contribution is 9.10. The minimum absolute atomic E-state index is 0.170. The Balaban J connectivity index is 2.36. The van der Waals surface area contributed by atoms with Gasteiger partial charge in [-0.15, -0.1) is 0 Å². The Bertz CT molecular complexity index is 613. The molecular formula is C16H17Br2NO. The monoisotopic (exact) mass is 397 g/mol. The Morgan fingerprint density at radius 3 is 2.60 bits per heavy atom. The summed E-state index contributed by atoms with van der Waals surface area (Å²) < 4.78 is 7.52. The molecule has 1 unspecified atom stereocenters. The van der Waals surface area contributed by atoms with Crippen LogP contribution in [0.2, 0.25) is 0 Å². The zero-order valence-electron chi connectivity index (χ0n) is 11.5. The van der Waals surface area contributed by atoms with Gasteiger partial charge in [0, 0.05) is 4.47 Å². The second-order valence-corrected chi connectivity index (χ2v) is 6.23. The molecule has 0 fully saturated rings. The van der Waals surface area contributed by atoms with E-state index >= 15 is 0 Å². The van der Waals surface area contributed by atoms with Crippen LogP contribution in [0.3, 0.4) is 0 Å². The average Bonchev–Trinajstić information content (AvgIpc) is 2.43. The topological polar surface area (TPSA) is 35.2 Å². The van der Waals surface area contributed by atoms with Crippen molar-refractivity contribution in [3.8, 4) is 5.75 Å². The molecule has 4 heteroatoms. The van der Waals surface area contributed by atoms with Crippen LogP contribution in [0.25, 0.3) is 0 Å². The largest absolute Gasteiger partial charge is 0.493 e. The van der Waals surface area contributed by atoms with Gasteiger partial charge in [0.05, 0.1) is 17.1 Å². The lowest BCUT2D eigenvalue weighted by Crippen LogP contribution is -2.13. The van der Waals surface area contributed by atoms with Gasteiger partial charge in [0.1, 0.15) is 5.75 Å². The van der Waals surface area contributed by atoms with E-state index in [0.29, 0.717) is 6.61 Å². The molecule has 0 saturated heterocycles. The van der Waals surface area contributed by atoms with Gasteiger partial charge in [0.15, 0.2) is 0 Å². The molecule has 0 amide bonds. The highest BCUT2D eigenvalue weighted by atomic mass is 79.9. The van der Waals surface area contributed by atoms with E-state index in [2.05, 4.69) is 44.8 Å². The molecule has 0 aliphatic carbocycles. The van der Waals surface area contributed by atoms with Gasteiger partial charge < -0.3 is 10.5 Å². The van der Waals surface area contributed by atoms with Crippen molar-refractivity contribution in [3.63, 3.8) is 0 Å². The van der Waals surface area contributed by atoms with E-state index in [4.69, 9.17) is 10.5 Å². The van der Waals surface area contributed by atoms with Gasteiger partial charge in [0.2, 0.25) is 0 Å². The Morgan fingerprint density at radius 2 is 1.95 bits per heavy atom. The van der Waals surface area contributed by atoms with Crippen molar-refractivity contribution in [1.29, 1.82) is 0 Å². The van der Waals surface area contributed by atoms with Crippen molar-refractivity contribution in [2.75, 3.05) is 6.61 Å². The van der Waals surface area contributed by atoms with E-state index in [9.17, 15) is 0 Å². The molecule has 20 heavy (non-hydrogen) atoms.